The number of nitrogens with two attached hydrogens (primary N) is 1. The number of amides is 1. The van der Waals surface area contributed by atoms with E-state index in [-0.39, 0.29) is 30.1 Å². The Hall–Kier alpha value is -3.74. The van der Waals surface area contributed by atoms with Gasteiger partial charge in [0, 0.05) is 35.0 Å². The number of carbonyl (C=O) groups excluding carboxylic acids is 2. The smallest absolute Gasteiger partial charge is 0.248 e. The number of ketones is 1. The molecule has 1 atom stereocenters. The molecule has 4 rings (SSSR count). The Morgan fingerprint density at radius 2 is 1.77 bits per heavy atom. The summed E-state index contributed by atoms with van der Waals surface area (Å²) in [5.74, 6) is -1.09. The second-order valence-electron chi connectivity index (χ2n) is 7.47. The fourth-order valence-electron chi connectivity index (χ4n) is 3.65. The summed E-state index contributed by atoms with van der Waals surface area (Å²) in [6, 6.07) is 12.9. The van der Waals surface area contributed by atoms with E-state index in [0.29, 0.717) is 16.9 Å². The Morgan fingerprint density at radius 1 is 1.10 bits per heavy atom. The molecule has 1 aromatic heterocycles. The van der Waals surface area contributed by atoms with Gasteiger partial charge in [-0.1, -0.05) is 12.1 Å². The van der Waals surface area contributed by atoms with Crippen molar-refractivity contribution in [3.8, 4) is 11.5 Å². The highest BCUT2D eigenvalue weighted by Gasteiger charge is 2.25. The SMILES string of the molecule is Cc1cc(C(Oc2cc3c(cc2F)C(=O)CCO3)c2ccc(C(N)=O)cc2)cc(C)n1. The summed E-state index contributed by atoms with van der Waals surface area (Å²) >= 11 is 0. The number of aryl methyl sites for hydroxylation is 2. The number of primary amides is 1. The van der Waals surface area contributed by atoms with Gasteiger partial charge < -0.3 is 15.2 Å². The van der Waals surface area contributed by atoms with Crippen LogP contribution in [0.25, 0.3) is 0 Å². The first-order valence-electron chi connectivity index (χ1n) is 9.83. The Kier molecular flexibility index (Phi) is 5.42. The van der Waals surface area contributed by atoms with E-state index in [0.717, 1.165) is 23.0 Å². The zero-order valence-electron chi connectivity index (χ0n) is 17.1. The van der Waals surface area contributed by atoms with Crippen molar-refractivity contribution in [2.24, 2.45) is 5.73 Å². The number of hydrogen-bond acceptors (Lipinski definition) is 5. The molecule has 2 aromatic carbocycles. The van der Waals surface area contributed by atoms with Crippen LogP contribution in [0.5, 0.6) is 11.5 Å². The third kappa shape index (κ3) is 4.26. The molecule has 1 unspecified atom stereocenters. The van der Waals surface area contributed by atoms with Crippen LogP contribution in [0, 0.1) is 19.7 Å². The summed E-state index contributed by atoms with van der Waals surface area (Å²) in [6.07, 6.45) is -0.467. The monoisotopic (exact) mass is 420 g/mol. The maximum absolute atomic E-state index is 14.9. The largest absolute Gasteiger partial charge is 0.492 e. The molecule has 31 heavy (non-hydrogen) atoms. The van der Waals surface area contributed by atoms with E-state index in [1.807, 2.05) is 26.0 Å². The predicted octanol–water partition coefficient (Wildman–Crippen LogP) is 4.07. The molecule has 1 aliphatic heterocycles. The Labute approximate surface area is 178 Å². The average Bonchev–Trinajstić information content (AvgIpc) is 2.72. The van der Waals surface area contributed by atoms with Crippen molar-refractivity contribution in [1.82, 2.24) is 4.98 Å². The lowest BCUT2D eigenvalue weighted by molar-refractivity contribution is 0.0931. The topological polar surface area (TPSA) is 91.5 Å². The molecule has 2 heterocycles. The zero-order chi connectivity index (χ0) is 22.1. The Bertz CT molecular complexity index is 1150. The molecule has 0 fully saturated rings. The molecule has 7 heteroatoms. The van der Waals surface area contributed by atoms with Gasteiger partial charge in [0.2, 0.25) is 5.91 Å². The van der Waals surface area contributed by atoms with Gasteiger partial charge in [-0.2, -0.15) is 0 Å². The van der Waals surface area contributed by atoms with Crippen molar-refractivity contribution >= 4 is 11.7 Å². The van der Waals surface area contributed by atoms with Crippen molar-refractivity contribution in [3.05, 3.63) is 88.0 Å². The number of rotatable bonds is 5. The number of benzene rings is 2. The van der Waals surface area contributed by atoms with Gasteiger partial charge in [-0.05, 0) is 49.7 Å². The van der Waals surface area contributed by atoms with Crippen LogP contribution in [-0.4, -0.2) is 23.3 Å². The van der Waals surface area contributed by atoms with Crippen molar-refractivity contribution < 1.29 is 23.5 Å². The lowest BCUT2D eigenvalue weighted by Crippen LogP contribution is -2.17. The molecule has 0 aliphatic carbocycles. The first-order valence-corrected chi connectivity index (χ1v) is 9.83. The molecule has 1 aliphatic rings. The van der Waals surface area contributed by atoms with Crippen LogP contribution in [0.1, 0.15) is 55.8 Å². The molecule has 2 N–H and O–H groups in total. The fourth-order valence-corrected chi connectivity index (χ4v) is 3.65. The predicted molar refractivity (Wildman–Crippen MR) is 112 cm³/mol. The molecular formula is C24H21FN2O4. The van der Waals surface area contributed by atoms with Gasteiger partial charge in [0.1, 0.15) is 11.9 Å². The van der Waals surface area contributed by atoms with E-state index in [2.05, 4.69) is 4.98 Å². The number of nitrogens with zero attached hydrogens (tertiary/aromatic N) is 1. The minimum Gasteiger partial charge on any atom is -0.492 e. The van der Waals surface area contributed by atoms with Gasteiger partial charge >= 0.3 is 0 Å². The van der Waals surface area contributed by atoms with E-state index in [1.165, 1.54) is 6.07 Å². The summed E-state index contributed by atoms with van der Waals surface area (Å²) in [5, 5.41) is 0. The maximum Gasteiger partial charge on any atom is 0.248 e. The molecule has 0 radical (unpaired) electrons. The molecule has 3 aromatic rings. The van der Waals surface area contributed by atoms with Crippen molar-refractivity contribution in [1.29, 1.82) is 0 Å². The standard InChI is InChI=1S/C24H21FN2O4/c1-13-9-17(10-14(2)27-13)23(15-3-5-16(6-4-15)24(26)29)31-22-12-21-18(11-19(22)25)20(28)7-8-30-21/h3-6,9-12,23H,7-8H2,1-2H3,(H2,26,29). The lowest BCUT2D eigenvalue weighted by Gasteiger charge is -2.23. The van der Waals surface area contributed by atoms with Crippen LogP contribution < -0.4 is 15.2 Å². The molecule has 6 nitrogen and oxygen atoms in total. The summed E-state index contributed by atoms with van der Waals surface area (Å²) < 4.78 is 26.5. The highest BCUT2D eigenvalue weighted by atomic mass is 19.1. The normalized spacial score (nSPS) is 13.8. The van der Waals surface area contributed by atoms with Crippen LogP contribution in [0.2, 0.25) is 0 Å². The Morgan fingerprint density at radius 3 is 2.42 bits per heavy atom. The summed E-state index contributed by atoms with van der Waals surface area (Å²) in [6.45, 7) is 3.98. The van der Waals surface area contributed by atoms with Gasteiger partial charge in [-0.25, -0.2) is 4.39 Å². The van der Waals surface area contributed by atoms with Gasteiger partial charge in [-0.3, -0.25) is 14.6 Å². The van der Waals surface area contributed by atoms with E-state index >= 15 is 0 Å². The third-order valence-electron chi connectivity index (χ3n) is 5.07. The summed E-state index contributed by atoms with van der Waals surface area (Å²) in [7, 11) is 0. The van der Waals surface area contributed by atoms with E-state index in [4.69, 9.17) is 15.2 Å². The van der Waals surface area contributed by atoms with Gasteiger partial charge in [0.25, 0.3) is 0 Å². The molecule has 0 saturated carbocycles. The molecule has 0 bridgehead atoms. The number of Topliss-reactive ketones (excluding diaryl/α,β-unsaturated/α-hetero) is 1. The molecule has 0 saturated heterocycles. The van der Waals surface area contributed by atoms with E-state index < -0.39 is 17.8 Å². The van der Waals surface area contributed by atoms with Crippen LogP contribution in [0.3, 0.4) is 0 Å². The number of ether oxygens (including phenoxy) is 2. The third-order valence-corrected chi connectivity index (χ3v) is 5.07. The van der Waals surface area contributed by atoms with E-state index in [9.17, 15) is 14.0 Å². The summed E-state index contributed by atoms with van der Waals surface area (Å²) in [5.41, 5.74) is 8.96. The molecule has 158 valence electrons. The second kappa shape index (κ2) is 8.18. The van der Waals surface area contributed by atoms with Gasteiger partial charge in [0.15, 0.2) is 17.3 Å². The number of aromatic nitrogens is 1. The Balaban J connectivity index is 1.78. The van der Waals surface area contributed by atoms with Crippen LogP contribution in [-0.2, 0) is 0 Å². The van der Waals surface area contributed by atoms with Gasteiger partial charge in [0.05, 0.1) is 12.2 Å². The lowest BCUT2D eigenvalue weighted by atomic mass is 9.99. The first kappa shape index (κ1) is 20.5. The fraction of sp³-hybridized carbons (Fsp3) is 0.208. The number of pyridine rings is 1. The van der Waals surface area contributed by atoms with Crippen LogP contribution >= 0.6 is 0 Å². The zero-order valence-corrected chi connectivity index (χ0v) is 17.1. The number of fused-ring (bicyclic) bond motifs is 1. The van der Waals surface area contributed by atoms with Crippen LogP contribution in [0.4, 0.5) is 4.39 Å². The highest BCUT2D eigenvalue weighted by Crippen LogP contribution is 2.36. The number of hydrogen-bond donors (Lipinski definition) is 1. The number of halogens is 1. The van der Waals surface area contributed by atoms with Crippen LogP contribution in [0.15, 0.2) is 48.5 Å². The number of carbonyl (C=O) groups is 2. The van der Waals surface area contributed by atoms with Crippen molar-refractivity contribution in [2.75, 3.05) is 6.61 Å². The summed E-state index contributed by atoms with van der Waals surface area (Å²) in [4.78, 5) is 27.9. The minimum atomic E-state index is -0.686. The first-order chi connectivity index (χ1) is 14.8. The average molecular weight is 420 g/mol. The molecular weight excluding hydrogens is 399 g/mol. The second-order valence-corrected chi connectivity index (χ2v) is 7.47. The van der Waals surface area contributed by atoms with E-state index in [1.54, 1.807) is 24.3 Å². The van der Waals surface area contributed by atoms with Gasteiger partial charge in [-0.15, -0.1) is 0 Å². The highest BCUT2D eigenvalue weighted by molar-refractivity contribution is 5.99. The van der Waals surface area contributed by atoms with Crippen molar-refractivity contribution in [2.45, 2.75) is 26.4 Å². The van der Waals surface area contributed by atoms with Crippen molar-refractivity contribution in [3.63, 3.8) is 0 Å². The minimum absolute atomic E-state index is 0.0375. The molecule has 0 spiro atoms. The quantitative estimate of drug-likeness (QED) is 0.672. The maximum atomic E-state index is 14.9. The molecule has 1 amide bonds.